The van der Waals surface area contributed by atoms with Crippen LogP contribution in [0.1, 0.15) is 34.5 Å². The van der Waals surface area contributed by atoms with E-state index in [9.17, 15) is 29.2 Å². The molecule has 68 heavy (non-hydrogen) atoms. The van der Waals surface area contributed by atoms with Crippen LogP contribution in [-0.4, -0.2) is 53.6 Å². The maximum absolute atomic E-state index is 13.4. The van der Waals surface area contributed by atoms with Crippen LogP contribution in [0, 0.1) is 11.6 Å². The summed E-state index contributed by atoms with van der Waals surface area (Å²) in [5.74, 6) is 1.59. The standard InChI is InChI=1S/2C25H19ClFN3O3S/c2*26-19-10-17(5-7-21(19)33-12-14-2-1-3-16(27)8-14)30-24-23-18-6-4-15(20(32)11-31)9-22(18)34-25(23)29-13-28-24/h2*1-10,13,20,31-32H,11-12H2,(H,28,29,30)/t2*20-/m10/s1. The lowest BCUT2D eigenvalue weighted by molar-refractivity contribution is 0.0957. The molecule has 0 saturated heterocycles. The Kier molecular flexibility index (Phi) is 14.2. The predicted octanol–water partition coefficient (Wildman–Crippen LogP) is 12.0. The number of rotatable bonds is 14. The van der Waals surface area contributed by atoms with Crippen molar-refractivity contribution in [3.8, 4) is 11.5 Å². The number of ether oxygens (including phenoxy) is 2. The van der Waals surface area contributed by atoms with Gasteiger partial charge in [0.15, 0.2) is 0 Å². The highest BCUT2D eigenvalue weighted by Crippen LogP contribution is 2.41. The van der Waals surface area contributed by atoms with Gasteiger partial charge in [0.25, 0.3) is 0 Å². The first kappa shape index (κ1) is 46.5. The molecule has 6 aromatic carbocycles. The number of hydrogen-bond donors (Lipinski definition) is 6. The first-order valence-corrected chi connectivity index (χ1v) is 23.2. The Labute approximate surface area is 404 Å². The van der Waals surface area contributed by atoms with Crippen LogP contribution in [0.3, 0.4) is 0 Å². The van der Waals surface area contributed by atoms with Gasteiger partial charge in [0.1, 0.15) is 82.5 Å². The molecule has 10 aromatic rings. The SMILES string of the molecule is OC[C@@H](O)c1ccc2c(c1)sc1ncnc(Nc3ccc(OCc4cccc(F)c4)c(Cl)c3)c12.OC[C@H](O)c1ccc2c(c1)sc1ncnc(Nc3ccc(OCc4cccc(F)c4)c(Cl)c3)c12. The van der Waals surface area contributed by atoms with E-state index < -0.39 is 12.2 Å². The Morgan fingerprint density at radius 1 is 0.544 bits per heavy atom. The maximum atomic E-state index is 13.4. The molecular formula is C50H38Cl2F2N6O6S2. The van der Waals surface area contributed by atoms with Crippen LogP contribution in [0.2, 0.25) is 10.0 Å². The molecule has 10 rings (SSSR count). The lowest BCUT2D eigenvalue weighted by Gasteiger charge is -2.11. The van der Waals surface area contributed by atoms with Crippen LogP contribution in [0.15, 0.2) is 134 Å². The van der Waals surface area contributed by atoms with Crippen molar-refractivity contribution in [2.75, 3.05) is 23.8 Å². The molecule has 0 spiro atoms. The molecule has 4 heterocycles. The van der Waals surface area contributed by atoms with Crippen molar-refractivity contribution in [3.63, 3.8) is 0 Å². The van der Waals surface area contributed by atoms with Gasteiger partial charge >= 0.3 is 0 Å². The van der Waals surface area contributed by atoms with Crippen molar-refractivity contribution in [3.05, 3.63) is 178 Å². The van der Waals surface area contributed by atoms with E-state index in [2.05, 4.69) is 30.6 Å². The van der Waals surface area contributed by atoms with Gasteiger partial charge in [-0.1, -0.05) is 71.7 Å². The molecule has 0 aliphatic rings. The second-order valence-corrected chi connectivity index (χ2v) is 18.2. The largest absolute Gasteiger partial charge is 0.487 e. The van der Waals surface area contributed by atoms with Crippen LogP contribution >= 0.6 is 45.9 Å². The van der Waals surface area contributed by atoms with Gasteiger partial charge in [0, 0.05) is 31.5 Å². The number of aliphatic hydroxyl groups excluding tert-OH is 4. The topological polar surface area (TPSA) is 175 Å². The molecule has 344 valence electrons. The number of hydrogen-bond acceptors (Lipinski definition) is 14. The Bertz CT molecular complexity index is 3210. The van der Waals surface area contributed by atoms with Gasteiger partial charge in [0.05, 0.1) is 34.0 Å². The molecule has 18 heteroatoms. The van der Waals surface area contributed by atoms with Crippen molar-refractivity contribution in [2.24, 2.45) is 0 Å². The summed E-state index contributed by atoms with van der Waals surface area (Å²) < 4.78 is 40.1. The molecule has 0 amide bonds. The van der Waals surface area contributed by atoms with E-state index >= 15 is 0 Å². The molecule has 2 atom stereocenters. The number of thiophene rings is 2. The first-order chi connectivity index (χ1) is 33.0. The smallest absolute Gasteiger partial charge is 0.143 e. The summed E-state index contributed by atoms with van der Waals surface area (Å²) in [5.41, 5.74) is 4.14. The molecule has 0 aliphatic carbocycles. The maximum Gasteiger partial charge on any atom is 0.143 e. The molecule has 0 bridgehead atoms. The fraction of sp³-hybridized carbons (Fsp3) is 0.120. The van der Waals surface area contributed by atoms with Gasteiger partial charge in [-0.05, 0) is 95.1 Å². The Hall–Kier alpha value is -6.60. The summed E-state index contributed by atoms with van der Waals surface area (Å²) >= 11 is 15.8. The lowest BCUT2D eigenvalue weighted by atomic mass is 10.1. The first-order valence-electron chi connectivity index (χ1n) is 20.8. The van der Waals surface area contributed by atoms with Gasteiger partial charge < -0.3 is 40.5 Å². The average Bonchev–Trinajstić information content (AvgIpc) is 3.92. The molecule has 6 N–H and O–H groups in total. The van der Waals surface area contributed by atoms with Gasteiger partial charge in [-0.3, -0.25) is 0 Å². The van der Waals surface area contributed by atoms with Crippen molar-refractivity contribution in [1.82, 2.24) is 19.9 Å². The summed E-state index contributed by atoms with van der Waals surface area (Å²) in [6.45, 7) is -0.285. The van der Waals surface area contributed by atoms with Crippen LogP contribution < -0.4 is 20.1 Å². The second kappa shape index (κ2) is 20.7. The number of anilines is 4. The van der Waals surface area contributed by atoms with E-state index in [1.165, 1.54) is 59.6 Å². The highest BCUT2D eigenvalue weighted by molar-refractivity contribution is 7.26. The van der Waals surface area contributed by atoms with E-state index in [4.69, 9.17) is 32.7 Å². The number of nitrogens with zero attached hydrogens (tertiary/aromatic N) is 4. The summed E-state index contributed by atoms with van der Waals surface area (Å²) in [6.07, 6.45) is 1.12. The fourth-order valence-corrected chi connectivity index (χ4v) is 9.96. The van der Waals surface area contributed by atoms with E-state index in [-0.39, 0.29) is 38.1 Å². The molecule has 12 nitrogen and oxygen atoms in total. The van der Waals surface area contributed by atoms with E-state index in [1.54, 1.807) is 60.7 Å². The zero-order chi connectivity index (χ0) is 47.3. The van der Waals surface area contributed by atoms with Crippen molar-refractivity contribution < 1.29 is 38.7 Å². The molecule has 0 radical (unpaired) electrons. The summed E-state index contributed by atoms with van der Waals surface area (Å²) in [5, 5.41) is 49.4. The predicted molar refractivity (Wildman–Crippen MR) is 265 cm³/mol. The lowest BCUT2D eigenvalue weighted by Crippen LogP contribution is -2.01. The highest BCUT2D eigenvalue weighted by atomic mass is 35.5. The third-order valence-corrected chi connectivity index (χ3v) is 13.4. The third-order valence-electron chi connectivity index (χ3n) is 10.7. The van der Waals surface area contributed by atoms with Crippen molar-refractivity contribution >= 4 is 109 Å². The number of benzene rings is 6. The minimum absolute atomic E-state index is 0.199. The Morgan fingerprint density at radius 2 is 0.985 bits per heavy atom. The minimum Gasteiger partial charge on any atom is -0.487 e. The third kappa shape index (κ3) is 10.4. The molecule has 0 aliphatic heterocycles. The number of halogens is 4. The van der Waals surface area contributed by atoms with Crippen LogP contribution in [-0.2, 0) is 13.2 Å². The molecule has 0 unspecified atom stereocenters. The van der Waals surface area contributed by atoms with Crippen LogP contribution in [0.5, 0.6) is 11.5 Å². The Morgan fingerprint density at radius 3 is 1.38 bits per heavy atom. The number of nitrogens with one attached hydrogen (secondary N) is 2. The van der Waals surface area contributed by atoms with Crippen LogP contribution in [0.25, 0.3) is 40.6 Å². The zero-order valence-electron chi connectivity index (χ0n) is 35.4. The summed E-state index contributed by atoms with van der Waals surface area (Å²) in [7, 11) is 0. The quantitative estimate of drug-likeness (QED) is 0.0609. The van der Waals surface area contributed by atoms with Gasteiger partial charge in [-0.2, -0.15) is 0 Å². The number of fused-ring (bicyclic) bond motifs is 6. The number of aromatic nitrogens is 4. The molecule has 0 fully saturated rings. The molecule has 0 saturated carbocycles. The fourth-order valence-electron chi connectivity index (χ4n) is 7.30. The average molecular weight is 992 g/mol. The molecule has 4 aromatic heterocycles. The minimum atomic E-state index is -0.929. The zero-order valence-corrected chi connectivity index (χ0v) is 38.6. The van der Waals surface area contributed by atoms with Gasteiger partial charge in [-0.15, -0.1) is 22.7 Å². The summed E-state index contributed by atoms with van der Waals surface area (Å²) in [6, 6.07) is 34.1. The highest BCUT2D eigenvalue weighted by Gasteiger charge is 2.17. The van der Waals surface area contributed by atoms with Crippen LogP contribution in [0.4, 0.5) is 31.8 Å². The van der Waals surface area contributed by atoms with Gasteiger partial charge in [-0.25, -0.2) is 28.7 Å². The monoisotopic (exact) mass is 990 g/mol. The number of aliphatic hydroxyl groups is 4. The van der Waals surface area contributed by atoms with E-state index in [0.717, 1.165) is 52.0 Å². The second-order valence-electron chi connectivity index (χ2n) is 15.3. The van der Waals surface area contributed by atoms with Gasteiger partial charge in [0.2, 0.25) is 0 Å². The van der Waals surface area contributed by atoms with E-state index in [0.29, 0.717) is 55.4 Å². The summed E-state index contributed by atoms with van der Waals surface area (Å²) in [4.78, 5) is 19.2. The van der Waals surface area contributed by atoms with Crippen molar-refractivity contribution in [2.45, 2.75) is 25.4 Å². The normalized spacial score (nSPS) is 12.2. The Balaban J connectivity index is 0.000000170. The van der Waals surface area contributed by atoms with Crippen molar-refractivity contribution in [1.29, 1.82) is 0 Å². The van der Waals surface area contributed by atoms with E-state index in [1.807, 2.05) is 36.4 Å². The molecular weight excluding hydrogens is 954 g/mol.